The highest BCUT2D eigenvalue weighted by Crippen LogP contribution is 2.30. The van der Waals surface area contributed by atoms with E-state index in [0.29, 0.717) is 6.61 Å². The molecule has 1 aromatic carbocycles. The molecule has 0 bridgehead atoms. The predicted octanol–water partition coefficient (Wildman–Crippen LogP) is 1.65. The highest BCUT2D eigenvalue weighted by Gasteiger charge is 2.43. The van der Waals surface area contributed by atoms with E-state index >= 15 is 0 Å². The van der Waals surface area contributed by atoms with Crippen LogP contribution >= 0.6 is 0 Å². The molecule has 0 aliphatic carbocycles. The van der Waals surface area contributed by atoms with Crippen LogP contribution in [0, 0.1) is 6.92 Å². The third-order valence-corrected chi connectivity index (χ3v) is 5.06. The molecule has 5 nitrogen and oxygen atoms in total. The topological polar surface area (TPSA) is 61.8 Å². The zero-order valence-electron chi connectivity index (χ0n) is 11.3. The molecule has 3 rings (SSSR count). The van der Waals surface area contributed by atoms with Gasteiger partial charge in [-0.15, -0.1) is 0 Å². The summed E-state index contributed by atoms with van der Waals surface area (Å²) < 4.78 is 41.0. The molecule has 0 radical (unpaired) electrons. The van der Waals surface area contributed by atoms with Crippen LogP contribution < -0.4 is 0 Å². The summed E-state index contributed by atoms with van der Waals surface area (Å²) >= 11 is 0. The molecule has 6 heteroatoms. The number of ether oxygens (including phenoxy) is 2. The van der Waals surface area contributed by atoms with Gasteiger partial charge in [0.05, 0.1) is 17.6 Å². The summed E-state index contributed by atoms with van der Waals surface area (Å²) in [6.45, 7) is 2.80. The fraction of sp³-hybridized carbons (Fsp3) is 0.571. The first-order chi connectivity index (χ1) is 9.56. The number of rotatable bonds is 3. The van der Waals surface area contributed by atoms with Gasteiger partial charge in [-0.05, 0) is 31.9 Å². The highest BCUT2D eigenvalue weighted by molar-refractivity contribution is 7.86. The summed E-state index contributed by atoms with van der Waals surface area (Å²) in [5, 5.41) is 0. The Bertz CT molecular complexity index is 566. The lowest BCUT2D eigenvalue weighted by Gasteiger charge is -2.27. The Morgan fingerprint density at radius 3 is 2.70 bits per heavy atom. The van der Waals surface area contributed by atoms with Crippen molar-refractivity contribution in [1.82, 2.24) is 0 Å². The van der Waals surface area contributed by atoms with E-state index in [4.69, 9.17) is 13.7 Å². The third-order valence-electron chi connectivity index (χ3n) is 3.71. The Morgan fingerprint density at radius 2 is 1.95 bits per heavy atom. The zero-order chi connectivity index (χ0) is 14.2. The summed E-state index contributed by atoms with van der Waals surface area (Å²) in [5.74, 6) is 0. The Kier molecular flexibility index (Phi) is 3.81. The fourth-order valence-electron chi connectivity index (χ4n) is 2.62. The normalized spacial score (nSPS) is 30.1. The molecule has 2 aliphatic heterocycles. The molecular formula is C14H18O5S. The van der Waals surface area contributed by atoms with Crippen LogP contribution in [0.25, 0.3) is 0 Å². The van der Waals surface area contributed by atoms with Crippen LogP contribution in [0.4, 0.5) is 0 Å². The number of fused-ring (bicyclic) bond motifs is 1. The highest BCUT2D eigenvalue weighted by atomic mass is 32.2. The van der Waals surface area contributed by atoms with Gasteiger partial charge in [0.1, 0.15) is 12.2 Å². The van der Waals surface area contributed by atoms with Crippen molar-refractivity contribution in [2.45, 2.75) is 43.0 Å². The smallest absolute Gasteiger partial charge is 0.297 e. The number of benzene rings is 1. The number of hydrogen-bond donors (Lipinski definition) is 0. The second-order valence-electron chi connectivity index (χ2n) is 5.25. The lowest BCUT2D eigenvalue weighted by Crippen LogP contribution is -2.39. The van der Waals surface area contributed by atoms with E-state index in [0.717, 1.165) is 18.4 Å². The van der Waals surface area contributed by atoms with E-state index in [2.05, 4.69) is 0 Å². The van der Waals surface area contributed by atoms with Crippen molar-refractivity contribution in [3.63, 3.8) is 0 Å². The van der Waals surface area contributed by atoms with Gasteiger partial charge in [-0.3, -0.25) is 4.18 Å². The van der Waals surface area contributed by atoms with Crippen molar-refractivity contribution >= 4 is 10.1 Å². The molecule has 0 N–H and O–H groups in total. The Balaban J connectivity index is 1.75. The molecule has 2 unspecified atom stereocenters. The minimum atomic E-state index is -3.77. The average Bonchev–Trinajstić information content (AvgIpc) is 2.82. The molecule has 0 aromatic heterocycles. The standard InChI is InChI=1S/C14H18O5S/c1-10-4-6-11(7-5-10)20(15,16)19-13-9-18-12-3-2-8-17-14(12)13/h4-7,12-14H,2-3,8-9H2,1H3/t12-,13?,14?/m1/s1. The Morgan fingerprint density at radius 1 is 1.20 bits per heavy atom. The molecule has 0 spiro atoms. The van der Waals surface area contributed by atoms with Gasteiger partial charge in [0.25, 0.3) is 10.1 Å². The summed E-state index contributed by atoms with van der Waals surface area (Å²) in [6, 6.07) is 6.61. The Hall–Kier alpha value is -0.950. The van der Waals surface area contributed by atoms with Crippen molar-refractivity contribution in [2.24, 2.45) is 0 Å². The maximum absolute atomic E-state index is 12.2. The van der Waals surface area contributed by atoms with Crippen LogP contribution in [0.2, 0.25) is 0 Å². The van der Waals surface area contributed by atoms with Gasteiger partial charge >= 0.3 is 0 Å². The Labute approximate surface area is 119 Å². The van der Waals surface area contributed by atoms with Crippen LogP contribution in [-0.4, -0.2) is 39.9 Å². The quantitative estimate of drug-likeness (QED) is 0.794. The van der Waals surface area contributed by atoms with Gasteiger partial charge in [0.2, 0.25) is 0 Å². The van der Waals surface area contributed by atoms with Crippen molar-refractivity contribution < 1.29 is 22.1 Å². The van der Waals surface area contributed by atoms with Crippen LogP contribution in [0.3, 0.4) is 0 Å². The molecule has 1 aromatic rings. The maximum Gasteiger partial charge on any atom is 0.297 e. The zero-order valence-corrected chi connectivity index (χ0v) is 12.1. The van der Waals surface area contributed by atoms with Gasteiger partial charge in [0, 0.05) is 6.61 Å². The summed E-state index contributed by atoms with van der Waals surface area (Å²) in [5.41, 5.74) is 1.00. The largest absolute Gasteiger partial charge is 0.373 e. The van der Waals surface area contributed by atoms with Gasteiger partial charge in [-0.25, -0.2) is 0 Å². The molecule has 3 atom stereocenters. The maximum atomic E-state index is 12.2. The van der Waals surface area contributed by atoms with Crippen LogP contribution in [-0.2, 0) is 23.8 Å². The van der Waals surface area contributed by atoms with E-state index in [-0.39, 0.29) is 23.7 Å². The van der Waals surface area contributed by atoms with E-state index in [9.17, 15) is 8.42 Å². The van der Waals surface area contributed by atoms with E-state index in [1.807, 2.05) is 6.92 Å². The van der Waals surface area contributed by atoms with Gasteiger partial charge in [-0.1, -0.05) is 17.7 Å². The summed E-state index contributed by atoms with van der Waals surface area (Å²) in [4.78, 5) is 0.169. The fourth-order valence-corrected chi connectivity index (χ4v) is 3.69. The van der Waals surface area contributed by atoms with Crippen molar-refractivity contribution in [3.05, 3.63) is 29.8 Å². The van der Waals surface area contributed by atoms with Crippen LogP contribution in [0.5, 0.6) is 0 Å². The summed E-state index contributed by atoms with van der Waals surface area (Å²) in [7, 11) is -3.77. The minimum Gasteiger partial charge on any atom is -0.373 e. The molecular weight excluding hydrogens is 280 g/mol. The van der Waals surface area contributed by atoms with E-state index in [1.54, 1.807) is 24.3 Å². The van der Waals surface area contributed by atoms with Gasteiger partial charge in [0.15, 0.2) is 0 Å². The molecule has 0 saturated carbocycles. The third kappa shape index (κ3) is 2.74. The second-order valence-corrected chi connectivity index (χ2v) is 6.82. The predicted molar refractivity (Wildman–Crippen MR) is 72.0 cm³/mol. The number of hydrogen-bond acceptors (Lipinski definition) is 5. The molecule has 110 valence electrons. The molecule has 2 aliphatic rings. The summed E-state index contributed by atoms with van der Waals surface area (Å²) in [6.07, 6.45) is 0.978. The second kappa shape index (κ2) is 5.44. The van der Waals surface area contributed by atoms with Crippen molar-refractivity contribution in [3.8, 4) is 0 Å². The lowest BCUT2D eigenvalue weighted by atomic mass is 10.0. The SMILES string of the molecule is Cc1ccc(S(=O)(=O)OC2CO[C@@H]3CCCOC23)cc1. The van der Waals surface area contributed by atoms with Crippen LogP contribution in [0.1, 0.15) is 18.4 Å². The van der Waals surface area contributed by atoms with Gasteiger partial charge in [-0.2, -0.15) is 8.42 Å². The lowest BCUT2D eigenvalue weighted by molar-refractivity contribution is -0.0641. The molecule has 20 heavy (non-hydrogen) atoms. The first-order valence-corrected chi connectivity index (χ1v) is 8.20. The monoisotopic (exact) mass is 298 g/mol. The minimum absolute atomic E-state index is 0.0398. The molecule has 2 saturated heterocycles. The number of aryl methyl sites for hydroxylation is 1. The van der Waals surface area contributed by atoms with E-state index < -0.39 is 16.2 Å². The molecule has 2 heterocycles. The van der Waals surface area contributed by atoms with E-state index in [1.165, 1.54) is 0 Å². The molecule has 0 amide bonds. The molecule has 2 fully saturated rings. The van der Waals surface area contributed by atoms with Crippen molar-refractivity contribution in [1.29, 1.82) is 0 Å². The van der Waals surface area contributed by atoms with Gasteiger partial charge < -0.3 is 9.47 Å². The first kappa shape index (κ1) is 14.0. The average molecular weight is 298 g/mol. The van der Waals surface area contributed by atoms with Crippen LogP contribution in [0.15, 0.2) is 29.2 Å². The van der Waals surface area contributed by atoms with Crippen molar-refractivity contribution in [2.75, 3.05) is 13.2 Å². The first-order valence-electron chi connectivity index (χ1n) is 6.79.